The van der Waals surface area contributed by atoms with E-state index in [0.29, 0.717) is 34.9 Å². The zero-order valence-corrected chi connectivity index (χ0v) is 15.6. The van der Waals surface area contributed by atoms with Gasteiger partial charge in [0, 0.05) is 25.0 Å². The van der Waals surface area contributed by atoms with E-state index in [2.05, 4.69) is 32.6 Å². The summed E-state index contributed by atoms with van der Waals surface area (Å²) in [6, 6.07) is 4.80. The van der Waals surface area contributed by atoms with Gasteiger partial charge in [0.25, 0.3) is 0 Å². The first-order valence-electron chi connectivity index (χ1n) is 8.71. The third-order valence-electron chi connectivity index (χ3n) is 3.99. The van der Waals surface area contributed by atoms with Gasteiger partial charge in [-0.05, 0) is 37.0 Å². The van der Waals surface area contributed by atoms with Crippen LogP contribution in [0.4, 0.5) is 0 Å². The molecule has 2 aromatic rings. The Balaban J connectivity index is 2.51. The number of hydrogen-bond acceptors (Lipinski definition) is 5. The van der Waals surface area contributed by atoms with Gasteiger partial charge in [-0.25, -0.2) is 4.79 Å². The molecular formula is C20H27NO4. The van der Waals surface area contributed by atoms with Crippen LogP contribution < -0.4 is 5.63 Å². The molecule has 0 spiro atoms. The average Bonchev–Trinajstić information content (AvgIpc) is 2.48. The van der Waals surface area contributed by atoms with Crippen molar-refractivity contribution in [3.05, 3.63) is 39.7 Å². The highest BCUT2D eigenvalue weighted by molar-refractivity contribution is 5.97. The molecule has 1 aromatic heterocycles. The second-order valence-electron chi connectivity index (χ2n) is 7.47. The van der Waals surface area contributed by atoms with Crippen LogP contribution in [0.2, 0.25) is 0 Å². The predicted octanol–water partition coefficient (Wildman–Crippen LogP) is 3.82. The zero-order valence-electron chi connectivity index (χ0n) is 15.6. The summed E-state index contributed by atoms with van der Waals surface area (Å²) in [6.07, 6.45) is 0. The molecule has 5 nitrogen and oxygen atoms in total. The quantitative estimate of drug-likeness (QED) is 0.610. The largest absolute Gasteiger partial charge is 0.507 e. The molecule has 25 heavy (non-hydrogen) atoms. The molecular weight excluding hydrogens is 318 g/mol. The molecule has 0 aliphatic carbocycles. The second-order valence-corrected chi connectivity index (χ2v) is 7.47. The average molecular weight is 345 g/mol. The number of phenols is 1. The molecule has 1 N–H and O–H groups in total. The fraction of sp³-hybridized carbons (Fsp3) is 0.500. The molecule has 0 aliphatic heterocycles. The molecule has 136 valence electrons. The van der Waals surface area contributed by atoms with Gasteiger partial charge in [-0.1, -0.05) is 27.7 Å². The van der Waals surface area contributed by atoms with E-state index >= 15 is 0 Å². The normalized spacial score (nSPS) is 11.8. The van der Waals surface area contributed by atoms with Crippen LogP contribution in [-0.4, -0.2) is 28.9 Å². The van der Waals surface area contributed by atoms with E-state index in [4.69, 9.17) is 4.42 Å². The Morgan fingerprint density at radius 3 is 2.28 bits per heavy atom. The summed E-state index contributed by atoms with van der Waals surface area (Å²) in [4.78, 5) is 25.9. The second kappa shape index (κ2) is 7.83. The van der Waals surface area contributed by atoms with Crippen molar-refractivity contribution in [2.45, 2.75) is 41.2 Å². The SMILES string of the molecule is CC(=O)c1cc2ccc(O)c(CN(CC(C)C)CC(C)C)c2oc1=O. The van der Waals surface area contributed by atoms with Gasteiger partial charge in [-0.3, -0.25) is 9.69 Å². The number of ketones is 1. The number of carbonyl (C=O) groups is 1. The lowest BCUT2D eigenvalue weighted by atomic mass is 10.0. The molecule has 5 heteroatoms. The third kappa shape index (κ3) is 4.69. The number of benzene rings is 1. The summed E-state index contributed by atoms with van der Waals surface area (Å²) < 4.78 is 5.41. The molecule has 2 rings (SSSR count). The molecule has 1 aromatic carbocycles. The molecule has 0 bridgehead atoms. The smallest absolute Gasteiger partial charge is 0.347 e. The summed E-state index contributed by atoms with van der Waals surface area (Å²) in [7, 11) is 0. The number of hydrogen-bond donors (Lipinski definition) is 1. The van der Waals surface area contributed by atoms with Crippen LogP contribution in [0.15, 0.2) is 27.4 Å². The molecule has 1 heterocycles. The van der Waals surface area contributed by atoms with Gasteiger partial charge in [0.05, 0.1) is 5.56 Å². The van der Waals surface area contributed by atoms with Gasteiger partial charge < -0.3 is 9.52 Å². The summed E-state index contributed by atoms with van der Waals surface area (Å²) in [6.45, 7) is 12.2. The van der Waals surface area contributed by atoms with Crippen LogP contribution in [0.1, 0.15) is 50.5 Å². The first kappa shape index (κ1) is 19.2. The van der Waals surface area contributed by atoms with Gasteiger partial charge in [0.1, 0.15) is 16.9 Å². The van der Waals surface area contributed by atoms with Crippen molar-refractivity contribution in [2.24, 2.45) is 11.8 Å². The number of nitrogens with zero attached hydrogens (tertiary/aromatic N) is 1. The van der Waals surface area contributed by atoms with E-state index in [1.807, 2.05) is 0 Å². The van der Waals surface area contributed by atoms with E-state index in [1.165, 1.54) is 6.92 Å². The first-order chi connectivity index (χ1) is 11.7. The Hall–Kier alpha value is -2.14. The molecule has 0 fully saturated rings. The van der Waals surface area contributed by atoms with E-state index in [9.17, 15) is 14.7 Å². The number of Topliss-reactive ketones (excluding diaryl/α,β-unsaturated/α-hetero) is 1. The van der Waals surface area contributed by atoms with Gasteiger partial charge >= 0.3 is 5.63 Å². The molecule has 0 aliphatic rings. The van der Waals surface area contributed by atoms with Crippen LogP contribution in [0.25, 0.3) is 11.0 Å². The van der Waals surface area contributed by atoms with Crippen LogP contribution in [0.3, 0.4) is 0 Å². The van der Waals surface area contributed by atoms with E-state index in [-0.39, 0.29) is 17.1 Å². The van der Waals surface area contributed by atoms with Gasteiger partial charge in [0.15, 0.2) is 5.78 Å². The zero-order chi connectivity index (χ0) is 18.7. The minimum absolute atomic E-state index is 0.0327. The molecule has 0 atom stereocenters. The van der Waals surface area contributed by atoms with Crippen molar-refractivity contribution in [3.63, 3.8) is 0 Å². The Morgan fingerprint density at radius 1 is 1.16 bits per heavy atom. The van der Waals surface area contributed by atoms with Gasteiger partial charge in [-0.15, -0.1) is 0 Å². The number of fused-ring (bicyclic) bond motifs is 1. The molecule has 0 saturated carbocycles. The molecule has 0 amide bonds. The van der Waals surface area contributed by atoms with Gasteiger partial charge in [0.2, 0.25) is 0 Å². The number of aromatic hydroxyl groups is 1. The Bertz CT molecular complexity index is 810. The fourth-order valence-corrected chi connectivity index (χ4v) is 3.09. The van der Waals surface area contributed by atoms with Crippen molar-refractivity contribution >= 4 is 16.8 Å². The minimum atomic E-state index is -0.661. The molecule has 0 radical (unpaired) electrons. The van der Waals surface area contributed by atoms with Crippen LogP contribution in [0.5, 0.6) is 5.75 Å². The van der Waals surface area contributed by atoms with Crippen LogP contribution >= 0.6 is 0 Å². The summed E-state index contributed by atoms with van der Waals surface area (Å²) in [5.74, 6) is 0.731. The Morgan fingerprint density at radius 2 is 1.76 bits per heavy atom. The Kier molecular flexibility index (Phi) is 6.01. The maximum absolute atomic E-state index is 12.1. The fourth-order valence-electron chi connectivity index (χ4n) is 3.09. The van der Waals surface area contributed by atoms with Crippen LogP contribution in [0, 0.1) is 11.8 Å². The first-order valence-corrected chi connectivity index (χ1v) is 8.71. The van der Waals surface area contributed by atoms with Crippen LogP contribution in [-0.2, 0) is 6.54 Å². The van der Waals surface area contributed by atoms with Gasteiger partial charge in [-0.2, -0.15) is 0 Å². The number of carbonyl (C=O) groups excluding carboxylic acids is 1. The van der Waals surface area contributed by atoms with Crippen molar-refractivity contribution < 1.29 is 14.3 Å². The van der Waals surface area contributed by atoms with Crippen molar-refractivity contribution in [1.82, 2.24) is 4.90 Å². The molecule has 0 unspecified atom stereocenters. The summed E-state index contributed by atoms with van der Waals surface area (Å²) in [5.41, 5.74) is 0.315. The number of phenolic OH excluding ortho intramolecular Hbond substituents is 1. The highest BCUT2D eigenvalue weighted by Gasteiger charge is 2.18. The molecule has 0 saturated heterocycles. The topological polar surface area (TPSA) is 70.8 Å². The maximum atomic E-state index is 12.1. The standard InChI is InChI=1S/C20H27NO4/c1-12(2)9-21(10-13(3)4)11-17-18(23)7-6-15-8-16(14(5)22)20(24)25-19(15)17/h6-8,12-13,23H,9-11H2,1-5H3. The Labute approximate surface area is 148 Å². The summed E-state index contributed by atoms with van der Waals surface area (Å²) in [5, 5.41) is 11.0. The van der Waals surface area contributed by atoms with Crippen molar-refractivity contribution in [1.29, 1.82) is 0 Å². The monoisotopic (exact) mass is 345 g/mol. The van der Waals surface area contributed by atoms with E-state index in [0.717, 1.165) is 13.1 Å². The predicted molar refractivity (Wildman–Crippen MR) is 99.1 cm³/mol. The van der Waals surface area contributed by atoms with E-state index < -0.39 is 5.63 Å². The van der Waals surface area contributed by atoms with Crippen molar-refractivity contribution in [3.8, 4) is 5.75 Å². The maximum Gasteiger partial charge on any atom is 0.347 e. The number of rotatable bonds is 7. The minimum Gasteiger partial charge on any atom is -0.507 e. The highest BCUT2D eigenvalue weighted by Crippen LogP contribution is 2.28. The van der Waals surface area contributed by atoms with Crippen molar-refractivity contribution in [2.75, 3.05) is 13.1 Å². The lowest BCUT2D eigenvalue weighted by Gasteiger charge is -2.26. The third-order valence-corrected chi connectivity index (χ3v) is 3.99. The highest BCUT2D eigenvalue weighted by atomic mass is 16.4. The lowest BCUT2D eigenvalue weighted by Crippen LogP contribution is -2.31. The van der Waals surface area contributed by atoms with E-state index in [1.54, 1.807) is 18.2 Å². The summed E-state index contributed by atoms with van der Waals surface area (Å²) >= 11 is 0. The lowest BCUT2D eigenvalue weighted by molar-refractivity contribution is 0.101.